The molecule has 0 atom stereocenters. The Balaban J connectivity index is 2.62. The van der Waals surface area contributed by atoms with Crippen molar-refractivity contribution in [3.05, 3.63) is 28.7 Å². The summed E-state index contributed by atoms with van der Waals surface area (Å²) < 4.78 is 36.9. The number of likely N-dealkylation sites (N-methyl/N-ethyl adjacent to an activating group) is 1. The lowest BCUT2D eigenvalue weighted by Crippen LogP contribution is -2.42. The van der Waals surface area contributed by atoms with Crippen molar-refractivity contribution in [1.29, 1.82) is 0 Å². The average Bonchev–Trinajstić information content (AvgIpc) is 2.29. The van der Waals surface area contributed by atoms with Gasteiger partial charge in [-0.1, -0.05) is 12.1 Å². The molecule has 1 N–H and O–H groups in total. The van der Waals surface area contributed by atoms with Crippen molar-refractivity contribution in [2.75, 3.05) is 18.9 Å². The zero-order valence-electron chi connectivity index (χ0n) is 9.79. The SMILES string of the molecule is CN(CC(=O)Nc1ccccc1Br)C(=O)C(F)(F)F. The second-order valence-corrected chi connectivity index (χ2v) is 4.54. The van der Waals surface area contributed by atoms with E-state index in [4.69, 9.17) is 0 Å². The van der Waals surface area contributed by atoms with Crippen LogP contribution in [0.1, 0.15) is 0 Å². The van der Waals surface area contributed by atoms with Gasteiger partial charge < -0.3 is 10.2 Å². The van der Waals surface area contributed by atoms with Crippen molar-refractivity contribution in [2.24, 2.45) is 0 Å². The summed E-state index contributed by atoms with van der Waals surface area (Å²) in [4.78, 5) is 22.7. The number of amides is 2. The second-order valence-electron chi connectivity index (χ2n) is 3.69. The van der Waals surface area contributed by atoms with Gasteiger partial charge in [-0.05, 0) is 28.1 Å². The molecule has 1 rings (SSSR count). The molecule has 104 valence electrons. The Hall–Kier alpha value is -1.57. The molecular formula is C11H10BrF3N2O2. The Morgan fingerprint density at radius 1 is 1.32 bits per heavy atom. The van der Waals surface area contributed by atoms with Gasteiger partial charge >= 0.3 is 12.1 Å². The van der Waals surface area contributed by atoms with E-state index < -0.39 is 24.5 Å². The normalized spacial score (nSPS) is 11.0. The lowest BCUT2D eigenvalue weighted by Gasteiger charge is -2.18. The van der Waals surface area contributed by atoms with E-state index in [2.05, 4.69) is 21.2 Å². The van der Waals surface area contributed by atoms with Crippen LogP contribution in [0.3, 0.4) is 0 Å². The molecule has 0 saturated carbocycles. The molecule has 4 nitrogen and oxygen atoms in total. The molecule has 0 bridgehead atoms. The fourth-order valence-electron chi connectivity index (χ4n) is 1.26. The van der Waals surface area contributed by atoms with E-state index >= 15 is 0 Å². The number of carbonyl (C=O) groups is 2. The molecule has 0 saturated heterocycles. The quantitative estimate of drug-likeness (QED) is 0.920. The second kappa shape index (κ2) is 6.05. The maximum atomic E-state index is 12.1. The predicted molar refractivity (Wildman–Crippen MR) is 66.5 cm³/mol. The summed E-state index contributed by atoms with van der Waals surface area (Å²) in [5, 5.41) is 2.40. The van der Waals surface area contributed by atoms with Gasteiger partial charge in [0.15, 0.2) is 0 Å². The summed E-state index contributed by atoms with van der Waals surface area (Å²) >= 11 is 3.18. The van der Waals surface area contributed by atoms with Crippen LogP contribution in [0.15, 0.2) is 28.7 Å². The molecule has 0 unspecified atom stereocenters. The topological polar surface area (TPSA) is 49.4 Å². The maximum absolute atomic E-state index is 12.1. The van der Waals surface area contributed by atoms with Crippen LogP contribution < -0.4 is 5.32 Å². The summed E-state index contributed by atoms with van der Waals surface area (Å²) in [6, 6.07) is 6.62. The van der Waals surface area contributed by atoms with Crippen LogP contribution in [-0.4, -0.2) is 36.5 Å². The third-order valence-electron chi connectivity index (χ3n) is 2.12. The molecule has 0 aliphatic heterocycles. The minimum absolute atomic E-state index is 0.312. The summed E-state index contributed by atoms with van der Waals surface area (Å²) in [5.74, 6) is -2.78. The largest absolute Gasteiger partial charge is 0.471 e. The zero-order valence-corrected chi connectivity index (χ0v) is 11.4. The number of halogens is 4. The standard InChI is InChI=1S/C11H10BrF3N2O2/c1-17(10(19)11(13,14)15)6-9(18)16-8-5-3-2-4-7(8)12/h2-5H,6H2,1H3,(H,16,18). The molecule has 0 aliphatic rings. The smallest absolute Gasteiger partial charge is 0.329 e. The van der Waals surface area contributed by atoms with Gasteiger partial charge in [0, 0.05) is 11.5 Å². The number of alkyl halides is 3. The van der Waals surface area contributed by atoms with Gasteiger partial charge in [-0.15, -0.1) is 0 Å². The van der Waals surface area contributed by atoms with Crippen LogP contribution >= 0.6 is 15.9 Å². The van der Waals surface area contributed by atoms with E-state index in [9.17, 15) is 22.8 Å². The van der Waals surface area contributed by atoms with E-state index in [1.54, 1.807) is 24.3 Å². The number of para-hydroxylation sites is 1. The van der Waals surface area contributed by atoms with E-state index in [1.165, 1.54) is 0 Å². The first-order chi connectivity index (χ1) is 8.71. The number of rotatable bonds is 3. The first-order valence-corrected chi connectivity index (χ1v) is 5.88. The van der Waals surface area contributed by atoms with Gasteiger partial charge in [-0.3, -0.25) is 9.59 Å². The van der Waals surface area contributed by atoms with Gasteiger partial charge in [0.2, 0.25) is 5.91 Å². The van der Waals surface area contributed by atoms with Crippen LogP contribution in [0.4, 0.5) is 18.9 Å². The lowest BCUT2D eigenvalue weighted by molar-refractivity contribution is -0.184. The van der Waals surface area contributed by atoms with Crippen LogP contribution in [0, 0.1) is 0 Å². The van der Waals surface area contributed by atoms with E-state index in [0.717, 1.165) is 7.05 Å². The first kappa shape index (κ1) is 15.5. The first-order valence-electron chi connectivity index (χ1n) is 5.08. The van der Waals surface area contributed by atoms with Crippen LogP contribution in [0.5, 0.6) is 0 Å². The molecule has 0 spiro atoms. The van der Waals surface area contributed by atoms with E-state index in [1.807, 2.05) is 0 Å². The number of benzene rings is 1. The molecule has 0 aromatic heterocycles. The summed E-state index contributed by atoms with van der Waals surface area (Å²) in [5.41, 5.74) is 0.417. The molecule has 0 radical (unpaired) electrons. The van der Waals surface area contributed by atoms with Crippen molar-refractivity contribution in [1.82, 2.24) is 4.90 Å². The molecule has 8 heteroatoms. The maximum Gasteiger partial charge on any atom is 0.471 e. The minimum atomic E-state index is -4.98. The fourth-order valence-corrected chi connectivity index (χ4v) is 1.64. The highest BCUT2D eigenvalue weighted by molar-refractivity contribution is 9.10. The third kappa shape index (κ3) is 4.55. The molecule has 0 fully saturated rings. The lowest BCUT2D eigenvalue weighted by atomic mass is 10.3. The van der Waals surface area contributed by atoms with Gasteiger partial charge in [-0.2, -0.15) is 13.2 Å². The Bertz CT molecular complexity index is 491. The van der Waals surface area contributed by atoms with E-state index in [0.29, 0.717) is 15.1 Å². The summed E-state index contributed by atoms with van der Waals surface area (Å²) in [6.07, 6.45) is -4.98. The highest BCUT2D eigenvalue weighted by Crippen LogP contribution is 2.21. The van der Waals surface area contributed by atoms with Gasteiger partial charge in [-0.25, -0.2) is 0 Å². The Morgan fingerprint density at radius 2 is 1.89 bits per heavy atom. The Kier molecular flexibility index (Phi) is 4.93. The van der Waals surface area contributed by atoms with Crippen LogP contribution in [-0.2, 0) is 9.59 Å². The zero-order chi connectivity index (χ0) is 14.6. The van der Waals surface area contributed by atoms with Crippen LogP contribution in [0.25, 0.3) is 0 Å². The van der Waals surface area contributed by atoms with Crippen LogP contribution in [0.2, 0.25) is 0 Å². The number of nitrogens with zero attached hydrogens (tertiary/aromatic N) is 1. The average molecular weight is 339 g/mol. The molecule has 0 aliphatic carbocycles. The van der Waals surface area contributed by atoms with Gasteiger partial charge in [0.1, 0.15) is 0 Å². The molecule has 1 aromatic carbocycles. The number of hydrogen-bond acceptors (Lipinski definition) is 2. The number of hydrogen-bond donors (Lipinski definition) is 1. The van der Waals surface area contributed by atoms with Crippen molar-refractivity contribution < 1.29 is 22.8 Å². The van der Waals surface area contributed by atoms with Gasteiger partial charge in [0.05, 0.1) is 12.2 Å². The highest BCUT2D eigenvalue weighted by atomic mass is 79.9. The number of nitrogens with one attached hydrogen (secondary N) is 1. The monoisotopic (exact) mass is 338 g/mol. The van der Waals surface area contributed by atoms with Crippen molar-refractivity contribution in [2.45, 2.75) is 6.18 Å². The van der Waals surface area contributed by atoms with Gasteiger partial charge in [0.25, 0.3) is 0 Å². The molecule has 19 heavy (non-hydrogen) atoms. The molecular weight excluding hydrogens is 329 g/mol. The van der Waals surface area contributed by atoms with Crippen molar-refractivity contribution in [3.63, 3.8) is 0 Å². The molecule has 2 amide bonds. The number of anilines is 1. The fraction of sp³-hybridized carbons (Fsp3) is 0.273. The third-order valence-corrected chi connectivity index (χ3v) is 2.81. The minimum Gasteiger partial charge on any atom is -0.329 e. The summed E-state index contributed by atoms with van der Waals surface area (Å²) in [6.45, 7) is -0.681. The Labute approximate surface area is 115 Å². The summed E-state index contributed by atoms with van der Waals surface area (Å²) in [7, 11) is 0.912. The highest BCUT2D eigenvalue weighted by Gasteiger charge is 2.41. The van der Waals surface area contributed by atoms with E-state index in [-0.39, 0.29) is 0 Å². The molecule has 0 heterocycles. The Morgan fingerprint density at radius 3 is 2.42 bits per heavy atom. The predicted octanol–water partition coefficient (Wildman–Crippen LogP) is 2.41. The van der Waals surface area contributed by atoms with Crippen molar-refractivity contribution in [3.8, 4) is 0 Å². The molecule has 1 aromatic rings. The van der Waals surface area contributed by atoms with Crippen molar-refractivity contribution >= 4 is 33.4 Å². The number of carbonyl (C=O) groups excluding carboxylic acids is 2.